The van der Waals surface area contributed by atoms with E-state index >= 15 is 0 Å². The van der Waals surface area contributed by atoms with Crippen molar-refractivity contribution in [3.05, 3.63) is 70.8 Å². The summed E-state index contributed by atoms with van der Waals surface area (Å²) in [6.45, 7) is -1.62. The van der Waals surface area contributed by atoms with E-state index < -0.39 is 24.6 Å². The van der Waals surface area contributed by atoms with Crippen LogP contribution in [0.25, 0.3) is 0 Å². The van der Waals surface area contributed by atoms with Gasteiger partial charge in [-0.15, -0.1) is 0 Å². The van der Waals surface area contributed by atoms with Crippen molar-refractivity contribution in [2.45, 2.75) is 19.3 Å². The summed E-state index contributed by atoms with van der Waals surface area (Å²) in [6.07, 6.45) is -4.41. The Morgan fingerprint density at radius 1 is 0.840 bits per heavy atom. The summed E-state index contributed by atoms with van der Waals surface area (Å²) >= 11 is 0. The number of nitrogens with zero attached hydrogens (tertiary/aromatic N) is 1. The normalized spacial score (nSPS) is 14.1. The first-order valence-electron chi connectivity index (χ1n) is 7.53. The molecule has 3 rings (SSSR count). The van der Waals surface area contributed by atoms with E-state index in [1.165, 1.54) is 0 Å². The molecule has 0 aromatic heterocycles. The zero-order valence-corrected chi connectivity index (χ0v) is 13.0. The maximum absolute atomic E-state index is 12.4. The van der Waals surface area contributed by atoms with Crippen LogP contribution >= 0.6 is 0 Å². The third-order valence-electron chi connectivity index (χ3n) is 3.85. The first kappa shape index (κ1) is 17.2. The van der Waals surface area contributed by atoms with Gasteiger partial charge in [-0.2, -0.15) is 13.2 Å². The maximum Gasteiger partial charge on any atom is 0.411 e. The fourth-order valence-corrected chi connectivity index (χ4v) is 2.68. The van der Waals surface area contributed by atoms with Crippen LogP contribution in [0.5, 0.6) is 0 Å². The Morgan fingerprint density at radius 2 is 1.36 bits per heavy atom. The van der Waals surface area contributed by atoms with Crippen LogP contribution in [0.3, 0.4) is 0 Å². The number of ether oxygens (including phenoxy) is 1. The molecule has 0 radical (unpaired) electrons. The highest BCUT2D eigenvalue weighted by atomic mass is 19.4. The Hall–Kier alpha value is -2.67. The first-order chi connectivity index (χ1) is 11.9. The van der Waals surface area contributed by atoms with Crippen molar-refractivity contribution in [3.63, 3.8) is 0 Å². The van der Waals surface area contributed by atoms with Crippen molar-refractivity contribution in [1.29, 1.82) is 0 Å². The molecule has 2 amide bonds. The number of rotatable bonds is 5. The van der Waals surface area contributed by atoms with E-state index in [1.54, 1.807) is 48.5 Å². The lowest BCUT2D eigenvalue weighted by molar-refractivity contribution is -0.176. The number of fused-ring (bicyclic) bond motifs is 1. The Bertz CT molecular complexity index is 782. The van der Waals surface area contributed by atoms with Crippen LogP contribution in [0.15, 0.2) is 48.5 Å². The molecule has 0 saturated heterocycles. The quantitative estimate of drug-likeness (QED) is 0.776. The van der Waals surface area contributed by atoms with Gasteiger partial charge >= 0.3 is 6.18 Å². The van der Waals surface area contributed by atoms with Crippen molar-refractivity contribution in [2.75, 3.05) is 6.61 Å². The average molecular weight is 349 g/mol. The number of carbonyl (C=O) groups is 2. The van der Waals surface area contributed by atoms with Crippen LogP contribution in [0, 0.1) is 0 Å². The van der Waals surface area contributed by atoms with Gasteiger partial charge in [0.25, 0.3) is 11.8 Å². The molecule has 0 spiro atoms. The van der Waals surface area contributed by atoms with Gasteiger partial charge in [0.1, 0.15) is 6.61 Å². The van der Waals surface area contributed by atoms with Gasteiger partial charge in [-0.1, -0.05) is 36.4 Å². The van der Waals surface area contributed by atoms with Crippen LogP contribution in [0.1, 0.15) is 31.8 Å². The number of hydrogen-bond donors (Lipinski definition) is 0. The molecular formula is C18H14F3NO3. The number of halogens is 3. The lowest BCUT2D eigenvalue weighted by Gasteiger charge is -2.17. The number of benzene rings is 2. The second-order valence-electron chi connectivity index (χ2n) is 5.62. The molecule has 130 valence electrons. The van der Waals surface area contributed by atoms with Gasteiger partial charge in [-0.3, -0.25) is 14.5 Å². The van der Waals surface area contributed by atoms with Crippen molar-refractivity contribution in [2.24, 2.45) is 0 Å². The summed E-state index contributed by atoms with van der Waals surface area (Å²) in [5.41, 5.74) is 1.74. The number of amides is 2. The molecule has 0 fully saturated rings. The molecule has 1 heterocycles. The lowest BCUT2D eigenvalue weighted by Crippen LogP contribution is -2.29. The van der Waals surface area contributed by atoms with Gasteiger partial charge in [-0.25, -0.2) is 0 Å². The molecule has 2 aromatic rings. The van der Waals surface area contributed by atoms with Gasteiger partial charge in [0.2, 0.25) is 0 Å². The molecule has 1 aliphatic heterocycles. The fourth-order valence-electron chi connectivity index (χ4n) is 2.68. The molecule has 7 heteroatoms. The molecule has 1 aliphatic rings. The zero-order chi connectivity index (χ0) is 18.0. The standard InChI is InChI=1S/C18H14F3NO3/c19-18(20,21)11-25-10-13-6-2-1-5-12(13)9-22-16(23)14-7-3-4-8-15(14)17(22)24/h1-8H,9-11H2. The van der Waals surface area contributed by atoms with Gasteiger partial charge < -0.3 is 4.74 Å². The molecule has 0 aliphatic carbocycles. The number of carbonyl (C=O) groups excluding carboxylic acids is 2. The predicted molar refractivity (Wildman–Crippen MR) is 82.8 cm³/mol. The van der Waals surface area contributed by atoms with E-state index in [4.69, 9.17) is 4.74 Å². The van der Waals surface area contributed by atoms with Crippen LogP contribution in [-0.4, -0.2) is 29.5 Å². The summed E-state index contributed by atoms with van der Waals surface area (Å²) in [6, 6.07) is 13.1. The van der Waals surface area contributed by atoms with E-state index in [0.717, 1.165) is 4.90 Å². The van der Waals surface area contributed by atoms with Crippen molar-refractivity contribution in [3.8, 4) is 0 Å². The first-order valence-corrected chi connectivity index (χ1v) is 7.53. The molecule has 25 heavy (non-hydrogen) atoms. The summed E-state index contributed by atoms with van der Waals surface area (Å²) in [4.78, 5) is 25.9. The highest BCUT2D eigenvalue weighted by Gasteiger charge is 2.35. The minimum atomic E-state index is -4.41. The Morgan fingerprint density at radius 3 is 1.92 bits per heavy atom. The van der Waals surface area contributed by atoms with E-state index in [9.17, 15) is 22.8 Å². The second-order valence-corrected chi connectivity index (χ2v) is 5.62. The highest BCUT2D eigenvalue weighted by molar-refractivity contribution is 6.21. The molecule has 0 N–H and O–H groups in total. The zero-order valence-electron chi connectivity index (χ0n) is 13.0. The molecule has 0 atom stereocenters. The molecular weight excluding hydrogens is 335 g/mol. The molecule has 0 unspecified atom stereocenters. The third-order valence-corrected chi connectivity index (χ3v) is 3.85. The molecule has 2 aromatic carbocycles. The predicted octanol–water partition coefficient (Wildman–Crippen LogP) is 3.56. The van der Waals surface area contributed by atoms with Crippen LogP contribution in [0.2, 0.25) is 0 Å². The number of hydrogen-bond acceptors (Lipinski definition) is 3. The number of alkyl halides is 3. The highest BCUT2D eigenvalue weighted by Crippen LogP contribution is 2.25. The van der Waals surface area contributed by atoms with Crippen LogP contribution in [-0.2, 0) is 17.9 Å². The van der Waals surface area contributed by atoms with Crippen LogP contribution < -0.4 is 0 Å². The van der Waals surface area contributed by atoms with E-state index in [0.29, 0.717) is 22.3 Å². The van der Waals surface area contributed by atoms with E-state index in [1.807, 2.05) is 0 Å². The largest absolute Gasteiger partial charge is 0.411 e. The topological polar surface area (TPSA) is 46.6 Å². The second kappa shape index (κ2) is 6.68. The van der Waals surface area contributed by atoms with Gasteiger partial charge in [0.15, 0.2) is 0 Å². The van der Waals surface area contributed by atoms with Crippen molar-refractivity contribution >= 4 is 11.8 Å². The van der Waals surface area contributed by atoms with Gasteiger partial charge in [0, 0.05) is 0 Å². The Labute approximate surface area is 141 Å². The molecule has 0 saturated carbocycles. The third kappa shape index (κ3) is 3.71. The SMILES string of the molecule is O=C1c2ccccc2C(=O)N1Cc1ccccc1COCC(F)(F)F. The molecule has 4 nitrogen and oxygen atoms in total. The van der Waals surface area contributed by atoms with Gasteiger partial charge in [-0.05, 0) is 23.3 Å². The van der Waals surface area contributed by atoms with Crippen LogP contribution in [0.4, 0.5) is 13.2 Å². The lowest BCUT2D eigenvalue weighted by atomic mass is 10.1. The van der Waals surface area contributed by atoms with Crippen molar-refractivity contribution in [1.82, 2.24) is 4.90 Å². The summed E-state index contributed by atoms with van der Waals surface area (Å²) < 4.78 is 41.3. The Kier molecular flexibility index (Phi) is 4.59. The summed E-state index contributed by atoms with van der Waals surface area (Å²) in [7, 11) is 0. The fraction of sp³-hybridized carbons (Fsp3) is 0.222. The van der Waals surface area contributed by atoms with Crippen molar-refractivity contribution < 1.29 is 27.5 Å². The minimum Gasteiger partial charge on any atom is -0.367 e. The smallest absolute Gasteiger partial charge is 0.367 e. The summed E-state index contributed by atoms with van der Waals surface area (Å²) in [5.74, 6) is -0.821. The Balaban J connectivity index is 1.76. The van der Waals surface area contributed by atoms with E-state index in [2.05, 4.69) is 0 Å². The molecule has 0 bridgehead atoms. The van der Waals surface area contributed by atoms with Gasteiger partial charge in [0.05, 0.1) is 24.3 Å². The van der Waals surface area contributed by atoms with E-state index in [-0.39, 0.29) is 13.2 Å². The minimum absolute atomic E-state index is 0.0160. The summed E-state index contributed by atoms with van der Waals surface area (Å²) in [5, 5.41) is 0. The monoisotopic (exact) mass is 349 g/mol. The number of imide groups is 1. The maximum atomic E-state index is 12.4. The average Bonchev–Trinajstić information content (AvgIpc) is 2.81.